The van der Waals surface area contributed by atoms with Gasteiger partial charge in [-0.3, -0.25) is 4.55 Å². The molecule has 2 atom stereocenters. The van der Waals surface area contributed by atoms with Gasteiger partial charge in [0.25, 0.3) is 10.1 Å². The molecule has 1 rings (SSSR count). The molecule has 1 aromatic rings. The predicted octanol–water partition coefficient (Wildman–Crippen LogP) is -0.0765. The summed E-state index contributed by atoms with van der Waals surface area (Å²) in [5.74, 6) is -2.24. The number of carbonyl (C=O) groups is 2. The van der Waals surface area contributed by atoms with Gasteiger partial charge in [-0.2, -0.15) is 8.42 Å². The van der Waals surface area contributed by atoms with Gasteiger partial charge in [-0.15, -0.1) is 0 Å². The molecule has 0 radical (unpaired) electrons. The third-order valence-corrected chi connectivity index (χ3v) is 3.06. The number of aliphatic hydroxyl groups excluding tert-OH is 2. The molecule has 0 saturated carbocycles. The number of esters is 2. The zero-order valence-corrected chi connectivity index (χ0v) is 12.4. The number of ether oxygens (including phenoxy) is 2. The van der Waals surface area contributed by atoms with Gasteiger partial charge >= 0.3 is 11.9 Å². The van der Waals surface area contributed by atoms with E-state index in [1.165, 1.54) is 0 Å². The summed E-state index contributed by atoms with van der Waals surface area (Å²) in [6.07, 6.45) is -2.93. The number of aliphatic hydroxyl groups is 2. The Morgan fingerprint density at radius 3 is 1.59 bits per heavy atom. The highest BCUT2D eigenvalue weighted by atomic mass is 32.2. The Hall–Kier alpha value is -2.01. The first-order valence-corrected chi connectivity index (χ1v) is 7.35. The fourth-order valence-corrected chi connectivity index (χ4v) is 1.98. The van der Waals surface area contributed by atoms with Gasteiger partial charge in [0, 0.05) is 0 Å². The van der Waals surface area contributed by atoms with Crippen LogP contribution in [-0.2, 0) is 19.6 Å². The van der Waals surface area contributed by atoms with Crippen LogP contribution in [0.15, 0.2) is 23.1 Å². The fraction of sp³-hybridized carbons (Fsp3) is 0.333. The molecule has 0 aromatic heterocycles. The van der Waals surface area contributed by atoms with Gasteiger partial charge < -0.3 is 19.7 Å². The Labute approximate surface area is 125 Å². The highest BCUT2D eigenvalue weighted by Gasteiger charge is 2.21. The normalized spacial score (nSPS) is 14.0. The first-order chi connectivity index (χ1) is 10.0. The molecule has 0 amide bonds. The Kier molecular flexibility index (Phi) is 5.60. The molecule has 9 nitrogen and oxygen atoms in total. The molecule has 0 fully saturated rings. The Balaban J connectivity index is 3.34. The minimum absolute atomic E-state index is 0.409. The van der Waals surface area contributed by atoms with E-state index >= 15 is 0 Å². The van der Waals surface area contributed by atoms with Gasteiger partial charge in [-0.1, -0.05) is 0 Å². The minimum Gasteiger partial charge on any atom is -0.433 e. The highest BCUT2D eigenvalue weighted by Crippen LogP contribution is 2.18. The van der Waals surface area contributed by atoms with Gasteiger partial charge in [0.2, 0.25) is 0 Å². The molecule has 0 aliphatic carbocycles. The molecule has 1 aromatic carbocycles. The quantitative estimate of drug-likeness (QED) is 0.382. The van der Waals surface area contributed by atoms with Crippen LogP contribution in [0, 0.1) is 0 Å². The molecule has 0 aliphatic rings. The molecule has 0 unspecified atom stereocenters. The van der Waals surface area contributed by atoms with Crippen LogP contribution in [0.1, 0.15) is 34.6 Å². The molecular weight excluding hydrogens is 320 g/mol. The maximum atomic E-state index is 11.7. The first-order valence-electron chi connectivity index (χ1n) is 5.91. The highest BCUT2D eigenvalue weighted by molar-refractivity contribution is 7.85. The molecule has 0 bridgehead atoms. The topological polar surface area (TPSA) is 147 Å². The second-order valence-corrected chi connectivity index (χ2v) is 5.65. The van der Waals surface area contributed by atoms with Crippen LogP contribution in [0.3, 0.4) is 0 Å². The summed E-state index contributed by atoms with van der Waals surface area (Å²) < 4.78 is 40.3. The lowest BCUT2D eigenvalue weighted by Gasteiger charge is -2.11. The van der Waals surface area contributed by atoms with Crippen LogP contribution < -0.4 is 0 Å². The lowest BCUT2D eigenvalue weighted by molar-refractivity contribution is -0.0527. The maximum Gasteiger partial charge on any atom is 0.340 e. The number of rotatable bonds is 5. The van der Waals surface area contributed by atoms with Crippen molar-refractivity contribution in [1.82, 2.24) is 0 Å². The fourth-order valence-electron chi connectivity index (χ4n) is 1.43. The summed E-state index contributed by atoms with van der Waals surface area (Å²) in [5, 5.41) is 18.0. The summed E-state index contributed by atoms with van der Waals surface area (Å²) in [4.78, 5) is 22.6. The molecule has 0 saturated heterocycles. The van der Waals surface area contributed by atoms with Gasteiger partial charge in [0.05, 0.1) is 16.0 Å². The molecule has 122 valence electrons. The smallest absolute Gasteiger partial charge is 0.340 e. The zero-order chi connectivity index (χ0) is 17.1. The molecule has 22 heavy (non-hydrogen) atoms. The van der Waals surface area contributed by atoms with Crippen molar-refractivity contribution in [2.24, 2.45) is 0 Å². The van der Waals surface area contributed by atoms with Gasteiger partial charge in [0.15, 0.2) is 12.6 Å². The van der Waals surface area contributed by atoms with Crippen molar-refractivity contribution < 1.29 is 42.2 Å². The van der Waals surface area contributed by atoms with Crippen molar-refractivity contribution in [2.45, 2.75) is 31.3 Å². The van der Waals surface area contributed by atoms with E-state index in [1.54, 1.807) is 0 Å². The van der Waals surface area contributed by atoms with Gasteiger partial charge in [0.1, 0.15) is 0 Å². The molecule has 0 aliphatic heterocycles. The van der Waals surface area contributed by atoms with Crippen LogP contribution in [-0.4, -0.2) is 47.7 Å². The van der Waals surface area contributed by atoms with Crippen molar-refractivity contribution >= 4 is 22.1 Å². The second kappa shape index (κ2) is 6.83. The molecule has 10 heteroatoms. The monoisotopic (exact) mass is 334 g/mol. The Morgan fingerprint density at radius 1 is 0.955 bits per heavy atom. The van der Waals surface area contributed by atoms with Crippen molar-refractivity contribution in [1.29, 1.82) is 0 Å². The van der Waals surface area contributed by atoms with Crippen LogP contribution in [0.2, 0.25) is 0 Å². The van der Waals surface area contributed by atoms with E-state index in [0.29, 0.717) is 0 Å². The summed E-state index contributed by atoms with van der Waals surface area (Å²) >= 11 is 0. The van der Waals surface area contributed by atoms with E-state index in [2.05, 4.69) is 9.47 Å². The van der Waals surface area contributed by atoms with E-state index < -0.39 is 50.7 Å². The number of hydrogen-bond acceptors (Lipinski definition) is 8. The molecule has 0 heterocycles. The van der Waals surface area contributed by atoms with Crippen LogP contribution >= 0.6 is 0 Å². The predicted molar refractivity (Wildman–Crippen MR) is 70.4 cm³/mol. The summed E-state index contributed by atoms with van der Waals surface area (Å²) in [6.45, 7) is 2.29. The molecule has 3 N–H and O–H groups in total. The van der Waals surface area contributed by atoms with Gasteiger partial charge in [-0.05, 0) is 32.0 Å². The standard InChI is InChI=1S/C12H14O9S/c1-6(13)20-11(15)8-3-9(12(16)21-7(2)14)5-10(4-8)22(17,18)19/h3-7,13-14H,1-2H3,(H,17,18,19)/t6-,7-/m0/s1. The molecular formula is C12H14O9S. The lowest BCUT2D eigenvalue weighted by Crippen LogP contribution is -2.18. The van der Waals surface area contributed by atoms with Crippen LogP contribution in [0.5, 0.6) is 0 Å². The van der Waals surface area contributed by atoms with E-state index in [9.17, 15) is 18.0 Å². The number of benzene rings is 1. The zero-order valence-electron chi connectivity index (χ0n) is 11.6. The van der Waals surface area contributed by atoms with Crippen molar-refractivity contribution in [3.8, 4) is 0 Å². The third-order valence-electron chi connectivity index (χ3n) is 2.23. The van der Waals surface area contributed by atoms with E-state index in [4.69, 9.17) is 14.8 Å². The van der Waals surface area contributed by atoms with E-state index in [0.717, 1.165) is 32.0 Å². The van der Waals surface area contributed by atoms with Gasteiger partial charge in [-0.25, -0.2) is 9.59 Å². The molecule has 0 spiro atoms. The Bertz CT molecular complexity index is 636. The summed E-state index contributed by atoms with van der Waals surface area (Å²) in [5.41, 5.74) is -0.817. The third kappa shape index (κ3) is 5.07. The number of carbonyl (C=O) groups excluding carboxylic acids is 2. The van der Waals surface area contributed by atoms with Crippen molar-refractivity contribution in [3.05, 3.63) is 29.3 Å². The van der Waals surface area contributed by atoms with Crippen LogP contribution in [0.25, 0.3) is 0 Å². The average Bonchev–Trinajstić information content (AvgIpc) is 2.35. The number of hydrogen-bond donors (Lipinski definition) is 3. The second-order valence-electron chi connectivity index (χ2n) is 4.23. The SMILES string of the molecule is C[C@@H](O)OC(=O)c1cc(C(=O)O[C@@H](C)O)cc(S(=O)(=O)O)c1. The summed E-state index contributed by atoms with van der Waals surface area (Å²) in [6, 6.07) is 2.46. The lowest BCUT2D eigenvalue weighted by atomic mass is 10.1. The maximum absolute atomic E-state index is 11.7. The van der Waals surface area contributed by atoms with Crippen LogP contribution in [0.4, 0.5) is 0 Å². The van der Waals surface area contributed by atoms with Crippen molar-refractivity contribution in [3.63, 3.8) is 0 Å². The van der Waals surface area contributed by atoms with E-state index in [1.807, 2.05) is 0 Å². The summed E-state index contributed by atoms with van der Waals surface area (Å²) in [7, 11) is -4.71. The average molecular weight is 334 g/mol. The van der Waals surface area contributed by atoms with E-state index in [-0.39, 0.29) is 0 Å². The first kappa shape index (κ1) is 18.0. The van der Waals surface area contributed by atoms with Crippen molar-refractivity contribution in [2.75, 3.05) is 0 Å². The Morgan fingerprint density at radius 2 is 1.32 bits per heavy atom. The largest absolute Gasteiger partial charge is 0.433 e. The minimum atomic E-state index is -4.71.